The van der Waals surface area contributed by atoms with E-state index in [2.05, 4.69) is 5.32 Å². The number of hydrogen-bond donors (Lipinski definition) is 1. The molecule has 0 radical (unpaired) electrons. The molecule has 25 heavy (non-hydrogen) atoms. The molecule has 0 unspecified atom stereocenters. The van der Waals surface area contributed by atoms with Crippen LogP contribution in [0.2, 0.25) is 0 Å². The Hall–Kier alpha value is -2.86. The fraction of sp³-hybridized carbons (Fsp3) is 0.105. The molecule has 128 valence electrons. The van der Waals surface area contributed by atoms with Crippen molar-refractivity contribution < 1.29 is 13.2 Å². The summed E-state index contributed by atoms with van der Waals surface area (Å²) < 4.78 is 24.5. The standard InChI is InChI=1S/C19H18N2O3S/c1-21(25(2,23)24)16-10-5-9-15(13-16)19(22)20-18-12-6-8-14-7-3-4-11-17(14)18/h3-13H,1-2H3,(H,20,22). The van der Waals surface area contributed by atoms with E-state index in [0.717, 1.165) is 21.3 Å². The Morgan fingerprint density at radius 1 is 0.960 bits per heavy atom. The summed E-state index contributed by atoms with van der Waals surface area (Å²) in [5.74, 6) is -0.292. The van der Waals surface area contributed by atoms with Gasteiger partial charge in [-0.2, -0.15) is 0 Å². The van der Waals surface area contributed by atoms with Crippen LogP contribution in [0.4, 0.5) is 11.4 Å². The SMILES string of the molecule is CN(c1cccc(C(=O)Nc2cccc3ccccc23)c1)S(C)(=O)=O. The van der Waals surface area contributed by atoms with Gasteiger partial charge in [-0.1, -0.05) is 42.5 Å². The summed E-state index contributed by atoms with van der Waals surface area (Å²) >= 11 is 0. The van der Waals surface area contributed by atoms with Gasteiger partial charge in [0.1, 0.15) is 0 Å². The van der Waals surface area contributed by atoms with Gasteiger partial charge in [0.15, 0.2) is 0 Å². The van der Waals surface area contributed by atoms with Gasteiger partial charge in [-0.15, -0.1) is 0 Å². The van der Waals surface area contributed by atoms with E-state index in [1.54, 1.807) is 24.3 Å². The molecule has 0 aliphatic rings. The predicted molar refractivity (Wildman–Crippen MR) is 102 cm³/mol. The van der Waals surface area contributed by atoms with E-state index >= 15 is 0 Å². The zero-order valence-corrected chi connectivity index (χ0v) is 14.7. The number of anilines is 2. The van der Waals surface area contributed by atoms with E-state index in [1.807, 2.05) is 42.5 Å². The minimum Gasteiger partial charge on any atom is -0.321 e. The third-order valence-electron chi connectivity index (χ3n) is 4.01. The number of nitrogens with one attached hydrogen (secondary N) is 1. The van der Waals surface area contributed by atoms with E-state index in [4.69, 9.17) is 0 Å². The maximum atomic E-state index is 12.6. The summed E-state index contributed by atoms with van der Waals surface area (Å²) in [6, 6.07) is 20.0. The van der Waals surface area contributed by atoms with Crippen molar-refractivity contribution in [2.75, 3.05) is 22.9 Å². The molecule has 0 saturated carbocycles. The summed E-state index contributed by atoms with van der Waals surface area (Å²) in [5, 5.41) is 4.88. The first-order valence-electron chi connectivity index (χ1n) is 7.69. The molecular formula is C19H18N2O3S. The molecule has 5 nitrogen and oxygen atoms in total. The van der Waals surface area contributed by atoms with E-state index in [-0.39, 0.29) is 5.91 Å². The van der Waals surface area contributed by atoms with Crippen molar-refractivity contribution in [3.05, 3.63) is 72.3 Å². The van der Waals surface area contributed by atoms with Crippen molar-refractivity contribution in [2.24, 2.45) is 0 Å². The molecule has 1 amide bonds. The molecule has 0 heterocycles. The van der Waals surface area contributed by atoms with Gasteiger partial charge < -0.3 is 5.32 Å². The first kappa shape index (κ1) is 17.0. The van der Waals surface area contributed by atoms with Crippen LogP contribution in [-0.4, -0.2) is 27.6 Å². The lowest BCUT2D eigenvalue weighted by Crippen LogP contribution is -2.25. The minimum atomic E-state index is -3.38. The monoisotopic (exact) mass is 354 g/mol. The Labute approximate surface area is 146 Å². The predicted octanol–water partition coefficient (Wildman–Crippen LogP) is 3.49. The highest BCUT2D eigenvalue weighted by Crippen LogP contribution is 2.24. The lowest BCUT2D eigenvalue weighted by atomic mass is 10.1. The number of benzene rings is 3. The Morgan fingerprint density at radius 3 is 2.40 bits per heavy atom. The van der Waals surface area contributed by atoms with Gasteiger partial charge in [-0.3, -0.25) is 9.10 Å². The third-order valence-corrected chi connectivity index (χ3v) is 5.21. The molecule has 1 N–H and O–H groups in total. The summed E-state index contributed by atoms with van der Waals surface area (Å²) in [6.07, 6.45) is 1.12. The van der Waals surface area contributed by atoms with Crippen LogP contribution < -0.4 is 9.62 Å². The van der Waals surface area contributed by atoms with Crippen molar-refractivity contribution in [2.45, 2.75) is 0 Å². The average molecular weight is 354 g/mol. The van der Waals surface area contributed by atoms with Crippen LogP contribution in [0.1, 0.15) is 10.4 Å². The number of carbonyl (C=O) groups is 1. The maximum Gasteiger partial charge on any atom is 0.255 e. The van der Waals surface area contributed by atoms with E-state index < -0.39 is 10.0 Å². The maximum absolute atomic E-state index is 12.6. The molecule has 0 aliphatic carbocycles. The highest BCUT2D eigenvalue weighted by Gasteiger charge is 2.14. The minimum absolute atomic E-state index is 0.292. The molecule has 0 saturated heterocycles. The quantitative estimate of drug-likeness (QED) is 0.780. The number of rotatable bonds is 4. The van der Waals surface area contributed by atoms with Gasteiger partial charge in [0.05, 0.1) is 11.9 Å². The Balaban J connectivity index is 1.91. The molecule has 3 aromatic rings. The van der Waals surface area contributed by atoms with Crippen LogP contribution in [-0.2, 0) is 10.0 Å². The summed E-state index contributed by atoms with van der Waals surface area (Å²) in [6.45, 7) is 0. The summed E-state index contributed by atoms with van der Waals surface area (Å²) in [5.41, 5.74) is 1.54. The fourth-order valence-electron chi connectivity index (χ4n) is 2.56. The van der Waals surface area contributed by atoms with Crippen LogP contribution in [0.5, 0.6) is 0 Å². The van der Waals surface area contributed by atoms with Gasteiger partial charge in [-0.25, -0.2) is 8.42 Å². The van der Waals surface area contributed by atoms with E-state index in [0.29, 0.717) is 16.9 Å². The lowest BCUT2D eigenvalue weighted by Gasteiger charge is -2.17. The molecule has 6 heteroatoms. The van der Waals surface area contributed by atoms with Crippen molar-refractivity contribution in [1.29, 1.82) is 0 Å². The number of sulfonamides is 1. The van der Waals surface area contributed by atoms with Crippen molar-refractivity contribution in [3.63, 3.8) is 0 Å². The number of carbonyl (C=O) groups excluding carboxylic acids is 1. The highest BCUT2D eigenvalue weighted by atomic mass is 32.2. The Morgan fingerprint density at radius 2 is 1.64 bits per heavy atom. The second kappa shape index (κ2) is 6.57. The van der Waals surface area contributed by atoms with Crippen molar-refractivity contribution >= 4 is 38.1 Å². The van der Waals surface area contributed by atoms with Crippen LogP contribution in [0, 0.1) is 0 Å². The molecular weight excluding hydrogens is 336 g/mol. The molecule has 0 bridgehead atoms. The van der Waals surface area contributed by atoms with Crippen LogP contribution >= 0.6 is 0 Å². The molecule has 3 rings (SSSR count). The number of amides is 1. The lowest BCUT2D eigenvalue weighted by molar-refractivity contribution is 0.102. The molecule has 0 atom stereocenters. The first-order valence-corrected chi connectivity index (χ1v) is 9.54. The molecule has 0 fully saturated rings. The van der Waals surface area contributed by atoms with Gasteiger partial charge in [0, 0.05) is 23.7 Å². The zero-order valence-electron chi connectivity index (χ0n) is 13.9. The molecule has 3 aromatic carbocycles. The summed E-state index contributed by atoms with van der Waals surface area (Å²) in [7, 11) is -1.93. The second-order valence-electron chi connectivity index (χ2n) is 5.76. The van der Waals surface area contributed by atoms with Gasteiger partial charge in [0.2, 0.25) is 10.0 Å². The molecule has 0 aromatic heterocycles. The Bertz CT molecular complexity index is 1040. The van der Waals surface area contributed by atoms with Gasteiger partial charge in [0.25, 0.3) is 5.91 Å². The van der Waals surface area contributed by atoms with Gasteiger partial charge >= 0.3 is 0 Å². The van der Waals surface area contributed by atoms with Crippen LogP contribution in [0.25, 0.3) is 10.8 Å². The van der Waals surface area contributed by atoms with Crippen LogP contribution in [0.15, 0.2) is 66.7 Å². The second-order valence-corrected chi connectivity index (χ2v) is 7.78. The highest BCUT2D eigenvalue weighted by molar-refractivity contribution is 7.92. The van der Waals surface area contributed by atoms with Crippen molar-refractivity contribution in [1.82, 2.24) is 0 Å². The third kappa shape index (κ3) is 3.64. The normalized spacial score (nSPS) is 11.3. The first-order chi connectivity index (χ1) is 11.9. The Kier molecular flexibility index (Phi) is 4.46. The average Bonchev–Trinajstić information content (AvgIpc) is 2.60. The van der Waals surface area contributed by atoms with Crippen molar-refractivity contribution in [3.8, 4) is 0 Å². The molecule has 0 aliphatic heterocycles. The zero-order chi connectivity index (χ0) is 18.0. The smallest absolute Gasteiger partial charge is 0.255 e. The molecule has 0 spiro atoms. The van der Waals surface area contributed by atoms with E-state index in [1.165, 1.54) is 7.05 Å². The largest absolute Gasteiger partial charge is 0.321 e. The number of hydrogen-bond acceptors (Lipinski definition) is 3. The van der Waals surface area contributed by atoms with Crippen LogP contribution in [0.3, 0.4) is 0 Å². The van der Waals surface area contributed by atoms with Gasteiger partial charge in [-0.05, 0) is 29.7 Å². The number of nitrogens with zero attached hydrogens (tertiary/aromatic N) is 1. The van der Waals surface area contributed by atoms with E-state index in [9.17, 15) is 13.2 Å². The fourth-order valence-corrected chi connectivity index (χ4v) is 3.06. The number of fused-ring (bicyclic) bond motifs is 1. The topological polar surface area (TPSA) is 66.5 Å². The summed E-state index contributed by atoms with van der Waals surface area (Å²) in [4.78, 5) is 12.6.